The number of aromatic nitrogens is 1. The number of nitrogens with one attached hydrogen (secondary N) is 3. The monoisotopic (exact) mass is 499 g/mol. The van der Waals surface area contributed by atoms with E-state index in [0.717, 1.165) is 11.1 Å². The first-order valence-electron chi connectivity index (χ1n) is 12.0. The van der Waals surface area contributed by atoms with Crippen molar-refractivity contribution in [1.29, 1.82) is 0 Å². The number of hydrogen-bond donors (Lipinski definition) is 3. The number of benzene rings is 2. The molecule has 9 nitrogen and oxygen atoms in total. The molecule has 0 bridgehead atoms. The van der Waals surface area contributed by atoms with E-state index in [0.29, 0.717) is 28.3 Å². The largest absolute Gasteiger partial charge is 0.326 e. The number of anilines is 3. The molecule has 1 aromatic heterocycles. The first-order valence-corrected chi connectivity index (χ1v) is 12.0. The van der Waals surface area contributed by atoms with Gasteiger partial charge < -0.3 is 20.9 Å². The van der Waals surface area contributed by atoms with E-state index < -0.39 is 6.04 Å². The lowest BCUT2D eigenvalue weighted by molar-refractivity contribution is -0.120. The Bertz CT molecular complexity index is 1350. The molecule has 4 rings (SSSR count). The van der Waals surface area contributed by atoms with Crippen LogP contribution in [-0.2, 0) is 16.1 Å². The average Bonchev–Trinajstić information content (AvgIpc) is 2.95. The quantitative estimate of drug-likeness (QED) is 0.469. The maximum absolute atomic E-state index is 13.4. The number of carbonyl (C=O) groups excluding carboxylic acids is 4. The molecule has 1 atom stereocenters. The Balaban J connectivity index is 1.50. The summed E-state index contributed by atoms with van der Waals surface area (Å²) in [7, 11) is 0. The summed E-state index contributed by atoms with van der Waals surface area (Å²) in [4.78, 5) is 56.6. The fourth-order valence-electron chi connectivity index (χ4n) is 3.81. The van der Waals surface area contributed by atoms with Gasteiger partial charge in [-0.3, -0.25) is 19.2 Å². The van der Waals surface area contributed by atoms with Crippen molar-refractivity contribution in [1.82, 2.24) is 9.88 Å². The fourth-order valence-corrected chi connectivity index (χ4v) is 3.81. The molecule has 4 amide bonds. The van der Waals surface area contributed by atoms with Crippen LogP contribution in [0, 0.1) is 12.8 Å². The van der Waals surface area contributed by atoms with Crippen molar-refractivity contribution in [2.24, 2.45) is 5.92 Å². The van der Waals surface area contributed by atoms with Gasteiger partial charge in [0.05, 0.1) is 11.3 Å². The third-order valence-electron chi connectivity index (χ3n) is 6.13. The van der Waals surface area contributed by atoms with Crippen molar-refractivity contribution in [2.75, 3.05) is 16.0 Å². The minimum atomic E-state index is -0.732. The van der Waals surface area contributed by atoms with Crippen molar-refractivity contribution in [3.8, 4) is 0 Å². The van der Waals surface area contributed by atoms with Gasteiger partial charge >= 0.3 is 0 Å². The summed E-state index contributed by atoms with van der Waals surface area (Å²) in [5.74, 6) is -0.845. The number of pyridine rings is 1. The zero-order valence-corrected chi connectivity index (χ0v) is 21.2. The molecule has 0 radical (unpaired) electrons. The van der Waals surface area contributed by atoms with E-state index in [1.165, 1.54) is 4.90 Å². The molecule has 1 aliphatic rings. The number of amides is 4. The van der Waals surface area contributed by atoms with Gasteiger partial charge in [-0.2, -0.15) is 0 Å². The fraction of sp³-hybridized carbons (Fsp3) is 0.250. The molecular weight excluding hydrogens is 470 g/mol. The van der Waals surface area contributed by atoms with Gasteiger partial charge in [0.25, 0.3) is 11.8 Å². The van der Waals surface area contributed by atoms with Crippen molar-refractivity contribution in [3.05, 3.63) is 83.0 Å². The lowest BCUT2D eigenvalue weighted by Crippen LogP contribution is -2.42. The van der Waals surface area contributed by atoms with Crippen LogP contribution >= 0.6 is 0 Å². The number of nitrogens with zero attached hydrogens (tertiary/aromatic N) is 2. The van der Waals surface area contributed by atoms with E-state index in [1.807, 2.05) is 13.0 Å². The molecule has 9 heteroatoms. The number of fused-ring (bicyclic) bond motifs is 1. The molecule has 190 valence electrons. The van der Waals surface area contributed by atoms with Gasteiger partial charge in [-0.15, -0.1) is 0 Å². The zero-order valence-electron chi connectivity index (χ0n) is 21.2. The summed E-state index contributed by atoms with van der Waals surface area (Å²) in [5, 5.41) is 8.34. The highest BCUT2D eigenvalue weighted by Gasteiger charge is 2.32. The van der Waals surface area contributed by atoms with Crippen LogP contribution in [0.5, 0.6) is 0 Å². The first-order chi connectivity index (χ1) is 17.6. The lowest BCUT2D eigenvalue weighted by atomic mass is 10.1. The smallest absolute Gasteiger partial charge is 0.256 e. The van der Waals surface area contributed by atoms with Crippen LogP contribution in [0.25, 0.3) is 0 Å². The van der Waals surface area contributed by atoms with Crippen LogP contribution in [0.15, 0.2) is 60.8 Å². The summed E-state index contributed by atoms with van der Waals surface area (Å²) < 4.78 is 0. The number of aryl methyl sites for hydroxylation is 1. The molecule has 1 aliphatic heterocycles. The normalized spacial score (nSPS) is 15.1. The second-order valence-corrected chi connectivity index (χ2v) is 9.37. The molecule has 0 saturated heterocycles. The van der Waals surface area contributed by atoms with Gasteiger partial charge in [-0.25, -0.2) is 4.98 Å². The van der Waals surface area contributed by atoms with E-state index >= 15 is 0 Å². The Morgan fingerprint density at radius 3 is 2.41 bits per heavy atom. The molecule has 2 aromatic carbocycles. The van der Waals surface area contributed by atoms with Gasteiger partial charge in [0.1, 0.15) is 11.9 Å². The van der Waals surface area contributed by atoms with E-state index in [9.17, 15) is 19.2 Å². The van der Waals surface area contributed by atoms with Gasteiger partial charge in [-0.05, 0) is 61.4 Å². The molecule has 3 aromatic rings. The number of hydrogen-bond acceptors (Lipinski definition) is 5. The van der Waals surface area contributed by atoms with Crippen LogP contribution in [0.2, 0.25) is 0 Å². The average molecular weight is 500 g/mol. The number of carbonyl (C=O) groups is 4. The predicted molar refractivity (Wildman–Crippen MR) is 141 cm³/mol. The zero-order chi connectivity index (χ0) is 26.7. The van der Waals surface area contributed by atoms with Gasteiger partial charge in [-0.1, -0.05) is 32.0 Å². The second kappa shape index (κ2) is 10.6. The first kappa shape index (κ1) is 25.6. The van der Waals surface area contributed by atoms with Crippen LogP contribution < -0.4 is 16.0 Å². The molecular formula is C28H29N5O4. The van der Waals surface area contributed by atoms with Crippen LogP contribution in [0.1, 0.15) is 52.6 Å². The second-order valence-electron chi connectivity index (χ2n) is 9.37. The molecule has 3 N–H and O–H groups in total. The van der Waals surface area contributed by atoms with Crippen LogP contribution in [0.3, 0.4) is 0 Å². The highest BCUT2D eigenvalue weighted by atomic mass is 16.2. The molecule has 0 fully saturated rings. The summed E-state index contributed by atoms with van der Waals surface area (Å²) in [5.41, 5.74) is 3.39. The maximum atomic E-state index is 13.4. The Kier molecular flexibility index (Phi) is 7.33. The third-order valence-corrected chi connectivity index (χ3v) is 6.13. The Labute approximate surface area is 215 Å². The highest BCUT2D eigenvalue weighted by Crippen LogP contribution is 2.28. The van der Waals surface area contributed by atoms with Crippen molar-refractivity contribution >= 4 is 40.8 Å². The van der Waals surface area contributed by atoms with E-state index in [2.05, 4.69) is 20.9 Å². The van der Waals surface area contributed by atoms with Crippen LogP contribution in [-0.4, -0.2) is 39.6 Å². The van der Waals surface area contributed by atoms with Gasteiger partial charge in [0.15, 0.2) is 0 Å². The summed E-state index contributed by atoms with van der Waals surface area (Å²) in [6.45, 7) is 7.32. The third kappa shape index (κ3) is 5.83. The van der Waals surface area contributed by atoms with Gasteiger partial charge in [0, 0.05) is 29.9 Å². The molecule has 2 heterocycles. The summed E-state index contributed by atoms with van der Waals surface area (Å²) in [6, 6.07) is 14.6. The molecule has 0 aliphatic carbocycles. The SMILES string of the molecule is Cc1ccc(NC(=O)c2ccc(CN3C(=O)c4ccc(NC(=O)C(C)C)cc4NC(=O)[C@H]3C)cc2)nc1. The van der Waals surface area contributed by atoms with Crippen LogP contribution in [0.4, 0.5) is 17.2 Å². The van der Waals surface area contributed by atoms with Crippen molar-refractivity contribution in [2.45, 2.75) is 40.3 Å². The molecule has 37 heavy (non-hydrogen) atoms. The summed E-state index contributed by atoms with van der Waals surface area (Å²) in [6.07, 6.45) is 1.68. The predicted octanol–water partition coefficient (Wildman–Crippen LogP) is 4.22. The lowest BCUT2D eigenvalue weighted by Gasteiger charge is -2.26. The summed E-state index contributed by atoms with van der Waals surface area (Å²) >= 11 is 0. The van der Waals surface area contributed by atoms with Crippen molar-refractivity contribution < 1.29 is 19.2 Å². The molecule has 0 saturated carbocycles. The topological polar surface area (TPSA) is 121 Å². The number of rotatable bonds is 6. The van der Waals surface area contributed by atoms with Gasteiger partial charge in [0.2, 0.25) is 11.8 Å². The van der Waals surface area contributed by atoms with E-state index in [-0.39, 0.29) is 36.1 Å². The Morgan fingerprint density at radius 1 is 1.03 bits per heavy atom. The minimum Gasteiger partial charge on any atom is -0.326 e. The van der Waals surface area contributed by atoms with E-state index in [4.69, 9.17) is 0 Å². The minimum absolute atomic E-state index is 0.159. The maximum Gasteiger partial charge on any atom is 0.256 e. The standard InChI is InChI=1S/C28H29N5O4/c1-16(2)25(34)30-21-10-11-22-23(13-21)31-26(35)18(4)33(28(22)37)15-19-6-8-20(9-7-19)27(36)32-24-12-5-17(3)14-29-24/h5-14,16,18H,15H2,1-4H3,(H,30,34)(H,31,35)(H,29,32,36)/t18-/m1/s1. The Hall–Kier alpha value is -4.53. The molecule has 0 spiro atoms. The van der Waals surface area contributed by atoms with Crippen molar-refractivity contribution in [3.63, 3.8) is 0 Å². The van der Waals surface area contributed by atoms with E-state index in [1.54, 1.807) is 75.5 Å². The highest BCUT2D eigenvalue weighted by molar-refractivity contribution is 6.10. The molecule has 0 unspecified atom stereocenters. The Morgan fingerprint density at radius 2 is 1.76 bits per heavy atom.